The fourth-order valence-electron chi connectivity index (χ4n) is 2.35. The molecule has 108 valence electrons. The molecule has 1 aliphatic rings. The molecular weight excluding hydrogens is 416 g/mol. The van der Waals surface area contributed by atoms with Crippen LogP contribution in [0, 0.1) is 0 Å². The molecule has 19 heavy (non-hydrogen) atoms. The van der Waals surface area contributed by atoms with Gasteiger partial charge in [-0.05, 0) is 63.9 Å². The van der Waals surface area contributed by atoms with Gasteiger partial charge in [-0.3, -0.25) is 0 Å². The zero-order chi connectivity index (χ0) is 14.0. The third-order valence-electron chi connectivity index (χ3n) is 3.24. The number of hydrogen-bond acceptors (Lipinski definition) is 4. The summed E-state index contributed by atoms with van der Waals surface area (Å²) in [5, 5.41) is 3.26. The molecule has 1 aromatic rings. The second kappa shape index (κ2) is 6.53. The summed E-state index contributed by atoms with van der Waals surface area (Å²) >= 11 is 8.07. The Labute approximate surface area is 134 Å². The molecule has 0 amide bonds. The Bertz CT molecular complexity index is 539. The Kier molecular flexibility index (Phi) is 5.47. The van der Waals surface area contributed by atoms with Crippen LogP contribution in [0.5, 0.6) is 0 Å². The molecule has 0 spiro atoms. The van der Waals surface area contributed by atoms with E-state index in [0.717, 1.165) is 29.7 Å². The largest absolute Gasteiger partial charge is 0.317 e. The van der Waals surface area contributed by atoms with Gasteiger partial charge in [0.1, 0.15) is 4.90 Å². The van der Waals surface area contributed by atoms with E-state index in [4.69, 9.17) is 0 Å². The third-order valence-corrected chi connectivity index (χ3v) is 8.02. The van der Waals surface area contributed by atoms with Gasteiger partial charge in [0.15, 0.2) is 0 Å². The molecule has 0 aliphatic carbocycles. The van der Waals surface area contributed by atoms with Gasteiger partial charge in [-0.1, -0.05) is 6.92 Å². The lowest BCUT2D eigenvalue weighted by atomic mass is 10.1. The highest BCUT2D eigenvalue weighted by Gasteiger charge is 2.33. The summed E-state index contributed by atoms with van der Waals surface area (Å²) in [6, 6.07) is 1.77. The van der Waals surface area contributed by atoms with Crippen molar-refractivity contribution >= 4 is 53.2 Å². The first-order valence-corrected chi connectivity index (χ1v) is 9.98. The summed E-state index contributed by atoms with van der Waals surface area (Å²) in [6.45, 7) is 4.16. The van der Waals surface area contributed by atoms with E-state index in [1.807, 2.05) is 6.92 Å². The lowest BCUT2D eigenvalue weighted by Crippen LogP contribution is -2.45. The second-order valence-electron chi connectivity index (χ2n) is 4.38. The smallest absolute Gasteiger partial charge is 0.245 e. The lowest BCUT2D eigenvalue weighted by molar-refractivity contribution is 0.270. The van der Waals surface area contributed by atoms with Gasteiger partial charge in [0.05, 0.1) is 7.57 Å². The van der Waals surface area contributed by atoms with Gasteiger partial charge >= 0.3 is 0 Å². The molecule has 1 fully saturated rings. The van der Waals surface area contributed by atoms with Gasteiger partial charge in [0.25, 0.3) is 0 Å². The normalized spacial score (nSPS) is 18.1. The van der Waals surface area contributed by atoms with E-state index in [-0.39, 0.29) is 6.04 Å². The topological polar surface area (TPSA) is 49.4 Å². The SMILES string of the molecule is CCN(C1CCNCC1)S(=O)(=O)c1cc(Br)sc1Br. The molecule has 0 aromatic carbocycles. The number of halogens is 2. The van der Waals surface area contributed by atoms with Gasteiger partial charge in [0, 0.05) is 12.6 Å². The van der Waals surface area contributed by atoms with Crippen molar-refractivity contribution in [2.45, 2.75) is 30.7 Å². The molecule has 8 heteroatoms. The first-order chi connectivity index (χ1) is 8.96. The van der Waals surface area contributed by atoms with Crippen LogP contribution in [0.25, 0.3) is 0 Å². The molecule has 1 saturated heterocycles. The molecular formula is C11H16Br2N2O2S2. The van der Waals surface area contributed by atoms with E-state index >= 15 is 0 Å². The van der Waals surface area contributed by atoms with E-state index in [1.165, 1.54) is 11.3 Å². The van der Waals surface area contributed by atoms with E-state index in [9.17, 15) is 8.42 Å². The van der Waals surface area contributed by atoms with E-state index in [0.29, 0.717) is 15.2 Å². The van der Waals surface area contributed by atoms with Gasteiger partial charge in [-0.25, -0.2) is 8.42 Å². The van der Waals surface area contributed by atoms with Crippen LogP contribution in [-0.4, -0.2) is 38.4 Å². The van der Waals surface area contributed by atoms with Crippen LogP contribution < -0.4 is 5.32 Å². The van der Waals surface area contributed by atoms with E-state index < -0.39 is 10.0 Å². The molecule has 0 radical (unpaired) electrons. The summed E-state index contributed by atoms with van der Waals surface area (Å²) in [5.74, 6) is 0. The van der Waals surface area contributed by atoms with Gasteiger partial charge < -0.3 is 5.32 Å². The Balaban J connectivity index is 2.32. The molecule has 0 bridgehead atoms. The van der Waals surface area contributed by atoms with Crippen molar-refractivity contribution in [2.75, 3.05) is 19.6 Å². The highest BCUT2D eigenvalue weighted by molar-refractivity contribution is 9.12. The zero-order valence-corrected chi connectivity index (χ0v) is 15.3. The minimum atomic E-state index is -3.42. The fourth-order valence-corrected chi connectivity index (χ4v) is 7.80. The van der Waals surface area contributed by atoms with Crippen LogP contribution in [0.3, 0.4) is 0 Å². The predicted octanol–water partition coefficient (Wildman–Crippen LogP) is 3.04. The third kappa shape index (κ3) is 3.41. The van der Waals surface area contributed by atoms with Crippen LogP contribution in [-0.2, 0) is 10.0 Å². The van der Waals surface area contributed by atoms with E-state index in [2.05, 4.69) is 37.2 Å². The molecule has 1 aliphatic heterocycles. The van der Waals surface area contributed by atoms with Crippen molar-refractivity contribution in [1.29, 1.82) is 0 Å². The monoisotopic (exact) mass is 430 g/mol. The number of piperidine rings is 1. The molecule has 2 rings (SSSR count). The van der Waals surface area contributed by atoms with Crippen molar-refractivity contribution in [3.05, 3.63) is 13.6 Å². The number of rotatable bonds is 4. The predicted molar refractivity (Wildman–Crippen MR) is 85.2 cm³/mol. The standard InChI is InChI=1S/C11H16Br2N2O2S2/c1-2-15(8-3-5-14-6-4-8)19(16,17)9-7-10(12)18-11(9)13/h7-8,14H,2-6H2,1H3. The summed E-state index contributed by atoms with van der Waals surface area (Å²) < 4.78 is 28.6. The Morgan fingerprint density at radius 1 is 1.42 bits per heavy atom. The molecule has 0 atom stereocenters. The second-order valence-corrected chi connectivity index (χ2v) is 9.99. The molecule has 4 nitrogen and oxygen atoms in total. The molecule has 2 heterocycles. The van der Waals surface area contributed by atoms with E-state index in [1.54, 1.807) is 10.4 Å². The van der Waals surface area contributed by atoms with Gasteiger partial charge in [-0.2, -0.15) is 4.31 Å². The van der Waals surface area contributed by atoms with Crippen molar-refractivity contribution in [3.63, 3.8) is 0 Å². The summed E-state index contributed by atoms with van der Waals surface area (Å²) in [6.07, 6.45) is 1.74. The number of nitrogens with one attached hydrogen (secondary N) is 1. The van der Waals surface area contributed by atoms with Crippen molar-refractivity contribution < 1.29 is 8.42 Å². The highest BCUT2D eigenvalue weighted by Crippen LogP contribution is 2.37. The maximum Gasteiger partial charge on any atom is 0.245 e. The first kappa shape index (κ1) is 15.9. The van der Waals surface area contributed by atoms with Crippen LogP contribution >= 0.6 is 43.2 Å². The molecule has 1 aromatic heterocycles. The summed E-state index contributed by atoms with van der Waals surface area (Å²) in [5.41, 5.74) is 0. The van der Waals surface area contributed by atoms with Gasteiger partial charge in [0.2, 0.25) is 10.0 Å². The first-order valence-electron chi connectivity index (χ1n) is 6.14. The molecule has 1 N–H and O–H groups in total. The minimum Gasteiger partial charge on any atom is -0.317 e. The number of hydrogen-bond donors (Lipinski definition) is 1. The Morgan fingerprint density at radius 3 is 2.53 bits per heavy atom. The maximum atomic E-state index is 12.8. The Hall–Kier alpha value is 0.530. The molecule has 0 saturated carbocycles. The lowest BCUT2D eigenvalue weighted by Gasteiger charge is -2.32. The van der Waals surface area contributed by atoms with Crippen LogP contribution in [0.2, 0.25) is 0 Å². The zero-order valence-electron chi connectivity index (χ0n) is 10.5. The fraction of sp³-hybridized carbons (Fsp3) is 0.636. The number of nitrogens with zero attached hydrogens (tertiary/aromatic N) is 1. The van der Waals surface area contributed by atoms with Gasteiger partial charge in [-0.15, -0.1) is 11.3 Å². The minimum absolute atomic E-state index is 0.0989. The average Bonchev–Trinajstić information content (AvgIpc) is 2.71. The highest BCUT2D eigenvalue weighted by atomic mass is 79.9. The van der Waals surface area contributed by atoms with Crippen molar-refractivity contribution in [3.8, 4) is 0 Å². The van der Waals surface area contributed by atoms with Crippen molar-refractivity contribution in [1.82, 2.24) is 9.62 Å². The van der Waals surface area contributed by atoms with Crippen molar-refractivity contribution in [2.24, 2.45) is 0 Å². The summed E-state index contributed by atoms with van der Waals surface area (Å²) in [7, 11) is -3.42. The van der Waals surface area contributed by atoms with Crippen LogP contribution in [0.1, 0.15) is 19.8 Å². The number of thiophene rings is 1. The van der Waals surface area contributed by atoms with Crippen LogP contribution in [0.4, 0.5) is 0 Å². The molecule has 0 unspecified atom stereocenters. The average molecular weight is 432 g/mol. The van der Waals surface area contributed by atoms with Crippen LogP contribution in [0.15, 0.2) is 18.5 Å². The Morgan fingerprint density at radius 2 is 2.05 bits per heavy atom. The quantitative estimate of drug-likeness (QED) is 0.796. The number of sulfonamides is 1. The maximum absolute atomic E-state index is 12.8. The summed E-state index contributed by atoms with van der Waals surface area (Å²) in [4.78, 5) is 0.366.